The van der Waals surface area contributed by atoms with Gasteiger partial charge in [-0.1, -0.05) is 18.2 Å². The molecule has 1 saturated heterocycles. The number of guanidine groups is 1. The van der Waals surface area contributed by atoms with Crippen LogP contribution in [-0.2, 0) is 0 Å². The standard InChI is InChI=1S/C16H25N3O/c1-13-7-6-8-14(2)15(13)20-12-9-18-16(17-3)19-10-4-5-11-19/h6-8H,4-5,9-12H2,1-3H3,(H,17,18). The molecule has 110 valence electrons. The van der Waals surface area contributed by atoms with Crippen LogP contribution in [0.15, 0.2) is 23.2 Å². The average molecular weight is 275 g/mol. The molecule has 1 heterocycles. The Kier molecular flexibility index (Phi) is 5.27. The number of para-hydroxylation sites is 1. The van der Waals surface area contributed by atoms with Gasteiger partial charge in [0.25, 0.3) is 0 Å². The number of hydrogen-bond acceptors (Lipinski definition) is 2. The summed E-state index contributed by atoms with van der Waals surface area (Å²) >= 11 is 0. The molecule has 1 aromatic carbocycles. The Labute approximate surface area is 121 Å². The van der Waals surface area contributed by atoms with E-state index in [2.05, 4.69) is 47.3 Å². The Morgan fingerprint density at radius 2 is 1.90 bits per heavy atom. The molecule has 4 heteroatoms. The number of ether oxygens (including phenoxy) is 1. The molecule has 0 saturated carbocycles. The van der Waals surface area contributed by atoms with Crippen molar-refractivity contribution in [2.24, 2.45) is 4.99 Å². The van der Waals surface area contributed by atoms with Crippen molar-refractivity contribution in [3.8, 4) is 5.75 Å². The summed E-state index contributed by atoms with van der Waals surface area (Å²) in [7, 11) is 1.84. The first-order valence-corrected chi connectivity index (χ1v) is 7.37. The quantitative estimate of drug-likeness (QED) is 0.520. The van der Waals surface area contributed by atoms with E-state index in [1.807, 2.05) is 7.05 Å². The lowest BCUT2D eigenvalue weighted by Gasteiger charge is -2.21. The monoisotopic (exact) mass is 275 g/mol. The van der Waals surface area contributed by atoms with Crippen LogP contribution < -0.4 is 10.1 Å². The van der Waals surface area contributed by atoms with Gasteiger partial charge in [-0.15, -0.1) is 0 Å². The molecule has 1 fully saturated rings. The van der Waals surface area contributed by atoms with Gasteiger partial charge in [-0.3, -0.25) is 4.99 Å². The number of rotatable bonds is 4. The van der Waals surface area contributed by atoms with Gasteiger partial charge >= 0.3 is 0 Å². The second-order valence-electron chi connectivity index (χ2n) is 5.24. The lowest BCUT2D eigenvalue weighted by Crippen LogP contribution is -2.41. The molecule has 1 aliphatic rings. The number of aliphatic imine (C=N–C) groups is 1. The Morgan fingerprint density at radius 1 is 1.25 bits per heavy atom. The van der Waals surface area contributed by atoms with Crippen LogP contribution in [0.25, 0.3) is 0 Å². The Bertz CT molecular complexity index is 445. The highest BCUT2D eigenvalue weighted by atomic mass is 16.5. The zero-order chi connectivity index (χ0) is 14.4. The molecule has 0 spiro atoms. The van der Waals surface area contributed by atoms with Crippen LogP contribution >= 0.6 is 0 Å². The molecule has 1 aromatic rings. The SMILES string of the molecule is CN=C(NCCOc1c(C)cccc1C)N1CCCC1. The smallest absolute Gasteiger partial charge is 0.193 e. The zero-order valence-corrected chi connectivity index (χ0v) is 12.8. The molecule has 0 aliphatic carbocycles. The fraction of sp³-hybridized carbons (Fsp3) is 0.562. The molecule has 20 heavy (non-hydrogen) atoms. The number of nitrogens with zero attached hydrogens (tertiary/aromatic N) is 2. The van der Waals surface area contributed by atoms with Gasteiger partial charge in [0.05, 0.1) is 6.54 Å². The van der Waals surface area contributed by atoms with Gasteiger partial charge in [0, 0.05) is 20.1 Å². The average Bonchev–Trinajstić information content (AvgIpc) is 2.95. The van der Waals surface area contributed by atoms with Crippen molar-refractivity contribution in [1.29, 1.82) is 0 Å². The number of hydrogen-bond donors (Lipinski definition) is 1. The fourth-order valence-corrected chi connectivity index (χ4v) is 2.60. The van der Waals surface area contributed by atoms with E-state index < -0.39 is 0 Å². The third-order valence-corrected chi connectivity index (χ3v) is 3.66. The third kappa shape index (κ3) is 3.65. The van der Waals surface area contributed by atoms with E-state index in [9.17, 15) is 0 Å². The number of benzene rings is 1. The maximum Gasteiger partial charge on any atom is 0.193 e. The second kappa shape index (κ2) is 7.17. The van der Waals surface area contributed by atoms with E-state index in [0.29, 0.717) is 6.61 Å². The Hall–Kier alpha value is -1.71. The molecule has 0 atom stereocenters. The van der Waals surface area contributed by atoms with Gasteiger partial charge in [-0.2, -0.15) is 0 Å². The van der Waals surface area contributed by atoms with Gasteiger partial charge in [0.15, 0.2) is 5.96 Å². The normalized spacial score (nSPS) is 15.6. The maximum atomic E-state index is 5.89. The minimum Gasteiger partial charge on any atom is -0.491 e. The third-order valence-electron chi connectivity index (χ3n) is 3.66. The first kappa shape index (κ1) is 14.7. The molecule has 4 nitrogen and oxygen atoms in total. The van der Waals surface area contributed by atoms with Crippen molar-refractivity contribution in [2.45, 2.75) is 26.7 Å². The Morgan fingerprint density at radius 3 is 2.50 bits per heavy atom. The van der Waals surface area contributed by atoms with E-state index in [-0.39, 0.29) is 0 Å². The van der Waals surface area contributed by atoms with Crippen LogP contribution in [0.2, 0.25) is 0 Å². The maximum absolute atomic E-state index is 5.89. The predicted molar refractivity (Wildman–Crippen MR) is 83.6 cm³/mol. The summed E-state index contributed by atoms with van der Waals surface area (Å²) in [5, 5.41) is 3.37. The first-order chi connectivity index (χ1) is 9.72. The van der Waals surface area contributed by atoms with Gasteiger partial charge in [0.2, 0.25) is 0 Å². The van der Waals surface area contributed by atoms with Crippen molar-refractivity contribution < 1.29 is 4.74 Å². The zero-order valence-electron chi connectivity index (χ0n) is 12.8. The molecule has 1 aliphatic heterocycles. The van der Waals surface area contributed by atoms with Crippen LogP contribution in [0.3, 0.4) is 0 Å². The second-order valence-corrected chi connectivity index (χ2v) is 5.24. The highest BCUT2D eigenvalue weighted by Gasteiger charge is 2.15. The molecule has 1 N–H and O–H groups in total. The summed E-state index contributed by atoms with van der Waals surface area (Å²) in [6, 6.07) is 6.23. The summed E-state index contributed by atoms with van der Waals surface area (Å²) in [6.07, 6.45) is 2.53. The van der Waals surface area contributed by atoms with Crippen molar-refractivity contribution in [1.82, 2.24) is 10.2 Å². The van der Waals surface area contributed by atoms with Crippen LogP contribution in [0.4, 0.5) is 0 Å². The highest BCUT2D eigenvalue weighted by molar-refractivity contribution is 5.80. The number of likely N-dealkylation sites (tertiary alicyclic amines) is 1. The summed E-state index contributed by atoms with van der Waals surface area (Å²) in [5.74, 6) is 2.00. The molecule has 0 unspecified atom stereocenters. The summed E-state index contributed by atoms with van der Waals surface area (Å²) in [5.41, 5.74) is 2.38. The highest BCUT2D eigenvalue weighted by Crippen LogP contribution is 2.21. The van der Waals surface area contributed by atoms with E-state index in [4.69, 9.17) is 4.74 Å². The lowest BCUT2D eigenvalue weighted by molar-refractivity contribution is 0.315. The van der Waals surface area contributed by atoms with Gasteiger partial charge in [-0.05, 0) is 37.8 Å². The lowest BCUT2D eigenvalue weighted by atomic mass is 10.1. The van der Waals surface area contributed by atoms with Crippen LogP contribution in [0, 0.1) is 13.8 Å². The molecule has 0 radical (unpaired) electrons. The van der Waals surface area contributed by atoms with E-state index in [1.165, 1.54) is 24.0 Å². The predicted octanol–water partition coefficient (Wildman–Crippen LogP) is 2.35. The van der Waals surface area contributed by atoms with Crippen LogP contribution in [-0.4, -0.2) is 44.1 Å². The van der Waals surface area contributed by atoms with Crippen molar-refractivity contribution in [3.05, 3.63) is 29.3 Å². The molecule has 0 amide bonds. The minimum absolute atomic E-state index is 0.651. The van der Waals surface area contributed by atoms with E-state index >= 15 is 0 Å². The minimum atomic E-state index is 0.651. The van der Waals surface area contributed by atoms with Crippen molar-refractivity contribution in [3.63, 3.8) is 0 Å². The summed E-state index contributed by atoms with van der Waals surface area (Å²) in [6.45, 7) is 7.81. The topological polar surface area (TPSA) is 36.9 Å². The van der Waals surface area contributed by atoms with Gasteiger partial charge in [0.1, 0.15) is 12.4 Å². The van der Waals surface area contributed by atoms with Crippen molar-refractivity contribution in [2.75, 3.05) is 33.3 Å². The summed E-state index contributed by atoms with van der Waals surface area (Å²) in [4.78, 5) is 6.63. The summed E-state index contributed by atoms with van der Waals surface area (Å²) < 4.78 is 5.89. The van der Waals surface area contributed by atoms with Crippen molar-refractivity contribution >= 4 is 5.96 Å². The molecule has 2 rings (SSSR count). The largest absolute Gasteiger partial charge is 0.491 e. The number of nitrogens with one attached hydrogen (secondary N) is 1. The fourth-order valence-electron chi connectivity index (χ4n) is 2.60. The van der Waals surface area contributed by atoms with Crippen LogP contribution in [0.1, 0.15) is 24.0 Å². The number of aryl methyl sites for hydroxylation is 2. The van der Waals surface area contributed by atoms with Gasteiger partial charge in [-0.25, -0.2) is 0 Å². The molecule has 0 aromatic heterocycles. The van der Waals surface area contributed by atoms with E-state index in [0.717, 1.165) is 31.3 Å². The molecular formula is C16H25N3O. The first-order valence-electron chi connectivity index (χ1n) is 7.37. The molecule has 0 bridgehead atoms. The molecular weight excluding hydrogens is 250 g/mol. The van der Waals surface area contributed by atoms with Crippen LogP contribution in [0.5, 0.6) is 5.75 Å². The van der Waals surface area contributed by atoms with Gasteiger partial charge < -0.3 is 15.0 Å². The van der Waals surface area contributed by atoms with E-state index in [1.54, 1.807) is 0 Å². The Balaban J connectivity index is 1.78.